The minimum absolute atomic E-state index is 0.260. The first-order valence-electron chi connectivity index (χ1n) is 7.35. The maximum absolute atomic E-state index is 5.93. The lowest BCUT2D eigenvalue weighted by Crippen LogP contribution is -2.36. The van der Waals surface area contributed by atoms with E-state index in [4.69, 9.17) is 5.73 Å². The van der Waals surface area contributed by atoms with Crippen molar-refractivity contribution >= 4 is 0 Å². The number of nitrogens with zero attached hydrogens (tertiary/aromatic N) is 1. The number of hydrogen-bond acceptors (Lipinski definition) is 3. The van der Waals surface area contributed by atoms with Crippen molar-refractivity contribution in [2.45, 2.75) is 33.7 Å². The van der Waals surface area contributed by atoms with E-state index in [1.165, 1.54) is 16.7 Å². The van der Waals surface area contributed by atoms with Gasteiger partial charge in [-0.3, -0.25) is 0 Å². The number of aryl methyl sites for hydroxylation is 2. The van der Waals surface area contributed by atoms with E-state index in [-0.39, 0.29) is 6.04 Å². The highest BCUT2D eigenvalue weighted by molar-refractivity contribution is 5.33. The highest BCUT2D eigenvalue weighted by atomic mass is 15.1. The molecule has 0 radical (unpaired) electrons. The number of nitrogens with two attached hydrogens (primary N) is 1. The summed E-state index contributed by atoms with van der Waals surface area (Å²) in [5.41, 5.74) is 9.88. The van der Waals surface area contributed by atoms with Crippen molar-refractivity contribution in [1.82, 2.24) is 10.2 Å². The Hall–Kier alpha value is -0.900. The zero-order chi connectivity index (χ0) is 14.3. The number of nitrogens with one attached hydrogen (secondary N) is 1. The average molecular weight is 263 g/mol. The fourth-order valence-electron chi connectivity index (χ4n) is 2.39. The molecule has 0 aliphatic rings. The molecule has 1 atom stereocenters. The summed E-state index contributed by atoms with van der Waals surface area (Å²) in [6.45, 7) is 13.6. The molecule has 0 aromatic heterocycles. The van der Waals surface area contributed by atoms with E-state index in [2.05, 4.69) is 56.1 Å². The number of hydrogen-bond donors (Lipinski definition) is 2. The molecule has 3 heteroatoms. The molecule has 0 aliphatic carbocycles. The molecule has 0 saturated carbocycles. The molecule has 1 unspecified atom stereocenters. The van der Waals surface area contributed by atoms with Gasteiger partial charge in [0.15, 0.2) is 0 Å². The van der Waals surface area contributed by atoms with E-state index in [1.807, 2.05) is 0 Å². The highest BCUT2D eigenvalue weighted by Crippen LogP contribution is 2.18. The van der Waals surface area contributed by atoms with Gasteiger partial charge in [-0.25, -0.2) is 0 Å². The van der Waals surface area contributed by atoms with Crippen LogP contribution in [0.2, 0.25) is 0 Å². The molecule has 1 rings (SSSR count). The van der Waals surface area contributed by atoms with Crippen LogP contribution < -0.4 is 11.1 Å². The quantitative estimate of drug-likeness (QED) is 0.756. The van der Waals surface area contributed by atoms with Gasteiger partial charge in [-0.05, 0) is 38.1 Å². The lowest BCUT2D eigenvalue weighted by atomic mass is 9.99. The first kappa shape index (κ1) is 16.2. The first-order valence-corrected chi connectivity index (χ1v) is 7.35. The average Bonchev–Trinajstić information content (AvgIpc) is 2.42. The summed E-state index contributed by atoms with van der Waals surface area (Å²) in [4.78, 5) is 2.42. The highest BCUT2D eigenvalue weighted by Gasteiger charge is 2.12. The smallest absolute Gasteiger partial charge is 0.0447 e. The summed E-state index contributed by atoms with van der Waals surface area (Å²) in [6, 6.07) is 6.84. The van der Waals surface area contributed by atoms with E-state index in [9.17, 15) is 0 Å². The molecule has 3 N–H and O–H groups in total. The summed E-state index contributed by atoms with van der Waals surface area (Å²) in [5, 5.41) is 3.59. The fraction of sp³-hybridized carbons (Fsp3) is 0.625. The van der Waals surface area contributed by atoms with Crippen LogP contribution in [0.1, 0.15) is 36.6 Å². The second kappa shape index (κ2) is 8.31. The van der Waals surface area contributed by atoms with Crippen LogP contribution in [0.25, 0.3) is 0 Å². The van der Waals surface area contributed by atoms with Crippen LogP contribution in [0.3, 0.4) is 0 Å². The summed E-state index contributed by atoms with van der Waals surface area (Å²) in [6.07, 6.45) is 0. The van der Waals surface area contributed by atoms with Gasteiger partial charge in [-0.1, -0.05) is 37.6 Å². The molecule has 19 heavy (non-hydrogen) atoms. The minimum Gasteiger partial charge on any atom is -0.329 e. The maximum atomic E-state index is 5.93. The van der Waals surface area contributed by atoms with Crippen LogP contribution in [-0.4, -0.2) is 37.6 Å². The Morgan fingerprint density at radius 2 is 1.89 bits per heavy atom. The molecule has 0 fully saturated rings. The molecule has 1 aromatic carbocycles. The second-order valence-corrected chi connectivity index (χ2v) is 5.13. The van der Waals surface area contributed by atoms with Gasteiger partial charge in [-0.15, -0.1) is 0 Å². The molecule has 1 aromatic rings. The Morgan fingerprint density at radius 3 is 2.47 bits per heavy atom. The predicted octanol–water partition coefficient (Wildman–Crippen LogP) is 2.23. The van der Waals surface area contributed by atoms with E-state index >= 15 is 0 Å². The van der Waals surface area contributed by atoms with Crippen molar-refractivity contribution in [1.29, 1.82) is 0 Å². The zero-order valence-corrected chi connectivity index (χ0v) is 12.9. The maximum Gasteiger partial charge on any atom is 0.0447 e. The molecular weight excluding hydrogens is 234 g/mol. The van der Waals surface area contributed by atoms with Crippen molar-refractivity contribution < 1.29 is 0 Å². The normalized spacial score (nSPS) is 12.9. The molecule has 0 spiro atoms. The lowest BCUT2D eigenvalue weighted by molar-refractivity contribution is 0.296. The van der Waals surface area contributed by atoms with Crippen molar-refractivity contribution in [3.63, 3.8) is 0 Å². The van der Waals surface area contributed by atoms with E-state index < -0.39 is 0 Å². The summed E-state index contributed by atoms with van der Waals surface area (Å²) in [7, 11) is 0. The molecular formula is C16H29N3. The van der Waals surface area contributed by atoms with Crippen molar-refractivity contribution in [3.05, 3.63) is 34.9 Å². The largest absolute Gasteiger partial charge is 0.329 e. The van der Waals surface area contributed by atoms with Gasteiger partial charge in [0.1, 0.15) is 0 Å². The van der Waals surface area contributed by atoms with E-state index in [0.29, 0.717) is 6.54 Å². The predicted molar refractivity (Wildman–Crippen MR) is 83.5 cm³/mol. The van der Waals surface area contributed by atoms with Crippen molar-refractivity contribution in [2.24, 2.45) is 5.73 Å². The standard InChI is InChI=1S/C16H29N3/c1-5-19(6-2)10-9-18-16(12-17)15-11-13(3)7-8-14(15)4/h7-8,11,16,18H,5-6,9-10,12,17H2,1-4H3. The minimum atomic E-state index is 0.260. The van der Waals surface area contributed by atoms with Crippen molar-refractivity contribution in [2.75, 3.05) is 32.7 Å². The van der Waals surface area contributed by atoms with Gasteiger partial charge in [0.05, 0.1) is 0 Å². The summed E-state index contributed by atoms with van der Waals surface area (Å²) < 4.78 is 0. The van der Waals surface area contributed by atoms with E-state index in [0.717, 1.165) is 26.2 Å². The summed E-state index contributed by atoms with van der Waals surface area (Å²) >= 11 is 0. The molecule has 108 valence electrons. The zero-order valence-electron chi connectivity index (χ0n) is 12.9. The fourth-order valence-corrected chi connectivity index (χ4v) is 2.39. The van der Waals surface area contributed by atoms with Gasteiger partial charge in [-0.2, -0.15) is 0 Å². The van der Waals surface area contributed by atoms with Crippen LogP contribution >= 0.6 is 0 Å². The number of likely N-dealkylation sites (N-methyl/N-ethyl adjacent to an activating group) is 1. The topological polar surface area (TPSA) is 41.3 Å². The third kappa shape index (κ3) is 4.94. The molecule has 0 heterocycles. The van der Waals surface area contributed by atoms with Crippen LogP contribution in [-0.2, 0) is 0 Å². The van der Waals surface area contributed by atoms with Crippen LogP contribution in [0.4, 0.5) is 0 Å². The van der Waals surface area contributed by atoms with Gasteiger partial charge < -0.3 is 16.0 Å². The van der Waals surface area contributed by atoms with Crippen LogP contribution in [0.15, 0.2) is 18.2 Å². The van der Waals surface area contributed by atoms with Gasteiger partial charge >= 0.3 is 0 Å². The Bertz CT molecular complexity index is 372. The second-order valence-electron chi connectivity index (χ2n) is 5.13. The molecule has 0 aliphatic heterocycles. The Balaban J connectivity index is 2.60. The third-order valence-corrected chi connectivity index (χ3v) is 3.76. The number of rotatable bonds is 8. The van der Waals surface area contributed by atoms with Crippen molar-refractivity contribution in [3.8, 4) is 0 Å². The molecule has 0 saturated heterocycles. The molecule has 0 amide bonds. The first-order chi connectivity index (χ1) is 9.12. The summed E-state index contributed by atoms with van der Waals surface area (Å²) in [5.74, 6) is 0. The Labute approximate surface area is 118 Å². The van der Waals surface area contributed by atoms with Crippen LogP contribution in [0, 0.1) is 13.8 Å². The number of benzene rings is 1. The third-order valence-electron chi connectivity index (χ3n) is 3.76. The monoisotopic (exact) mass is 263 g/mol. The Morgan fingerprint density at radius 1 is 1.21 bits per heavy atom. The molecule has 3 nitrogen and oxygen atoms in total. The van der Waals surface area contributed by atoms with Gasteiger partial charge in [0.2, 0.25) is 0 Å². The lowest BCUT2D eigenvalue weighted by Gasteiger charge is -2.23. The Kier molecular flexibility index (Phi) is 7.06. The molecule has 0 bridgehead atoms. The van der Waals surface area contributed by atoms with E-state index in [1.54, 1.807) is 0 Å². The SMILES string of the molecule is CCN(CC)CCNC(CN)c1cc(C)ccc1C. The van der Waals surface area contributed by atoms with Crippen LogP contribution in [0.5, 0.6) is 0 Å². The van der Waals surface area contributed by atoms with Gasteiger partial charge in [0, 0.05) is 25.7 Å². The van der Waals surface area contributed by atoms with Gasteiger partial charge in [0.25, 0.3) is 0 Å².